The number of alkyl halides is 2. The summed E-state index contributed by atoms with van der Waals surface area (Å²) in [5, 5.41) is 11.8. The topological polar surface area (TPSA) is 350 Å². The summed E-state index contributed by atoms with van der Waals surface area (Å²) in [6, 6.07) is 44.9. The van der Waals surface area contributed by atoms with Gasteiger partial charge in [-0.1, -0.05) is 65.7 Å². The van der Waals surface area contributed by atoms with E-state index in [9.17, 15) is 64.9 Å². The van der Waals surface area contributed by atoms with Crippen LogP contribution in [-0.2, 0) is 64.0 Å². The number of ketones is 1. The van der Waals surface area contributed by atoms with Crippen molar-refractivity contribution < 1.29 is 128 Å². The van der Waals surface area contributed by atoms with E-state index in [1.54, 1.807) is 72.8 Å². The Bertz CT molecular complexity index is 7920. The number of benzene rings is 9. The van der Waals surface area contributed by atoms with E-state index < -0.39 is 138 Å². The van der Waals surface area contributed by atoms with E-state index in [4.69, 9.17) is 51.5 Å². The number of aromatic nitrogens is 6. The fourth-order valence-electron chi connectivity index (χ4n) is 17.4. The molecule has 31 nitrogen and oxygen atoms in total. The summed E-state index contributed by atoms with van der Waals surface area (Å²) in [4.78, 5) is 48.9. The van der Waals surface area contributed by atoms with Crippen LogP contribution in [0.5, 0.6) is 34.5 Å². The van der Waals surface area contributed by atoms with E-state index in [1.165, 1.54) is 148 Å². The number of hydrogen-bond acceptors (Lipinski definition) is 25. The fourth-order valence-corrected chi connectivity index (χ4v) is 22.4. The lowest BCUT2D eigenvalue weighted by Crippen LogP contribution is -2.43. The SMILES string of the molecule is CCN(CC)S(F)(F)F.COc1ccc(CN(c2ccon2)S(=O)(=O)c2cc3ccc(=O)n(-c4cc(F)c(C5CC(=O)C5)cc4OC)c3cc2F)cc1.COc1ccc(CN(c2ccon2)S(=O)(=O)c2cc3ccc(=O)n(-c4cc(F)c(C5CC(F)(F)C5)cc4OC)c3cc2F)cc1.COc1ccc(CN(c2ccon2)S(=O)(=O)c2cc3ccc(=O)n(-c4cc(F)c(C5CC6(C5)OCCO6)cc4OC)c3cc2F)cc1.P.P.P. The zero-order chi connectivity index (χ0) is 104. The molecular formula is C99H98F11N10O21P3S4. The van der Waals surface area contributed by atoms with Gasteiger partial charge in [0.2, 0.25) is 5.92 Å². The minimum Gasteiger partial charge on any atom is -0.497 e. The lowest BCUT2D eigenvalue weighted by atomic mass is 9.74. The molecule has 0 bridgehead atoms. The number of hydrogen-bond donors (Lipinski definition) is 0. The van der Waals surface area contributed by atoms with Crippen LogP contribution in [0.1, 0.15) is 104 Å². The highest BCUT2D eigenvalue weighted by Gasteiger charge is 2.51. The van der Waals surface area contributed by atoms with Crippen molar-refractivity contribution in [3.05, 3.63) is 318 Å². The number of carbonyl (C=O) groups excluding carboxylic acids is 1. The zero-order valence-electron chi connectivity index (χ0n) is 80.2. The summed E-state index contributed by atoms with van der Waals surface area (Å²) >= 11 is -4.93. The van der Waals surface area contributed by atoms with Crippen LogP contribution in [0.25, 0.3) is 49.8 Å². The number of carbonyl (C=O) groups is 1. The lowest BCUT2D eigenvalue weighted by Gasteiger charge is -2.43. The highest BCUT2D eigenvalue weighted by atomic mass is 32.3. The van der Waals surface area contributed by atoms with Crippen molar-refractivity contribution in [1.82, 2.24) is 33.5 Å². The van der Waals surface area contributed by atoms with Crippen LogP contribution in [0.3, 0.4) is 0 Å². The monoisotopic (exact) mass is 2190 g/mol. The van der Waals surface area contributed by atoms with Gasteiger partial charge in [-0.25, -0.2) is 73.3 Å². The van der Waals surface area contributed by atoms with E-state index in [1.807, 2.05) is 0 Å². The highest BCUT2D eigenvalue weighted by Crippen LogP contribution is 2.57. The van der Waals surface area contributed by atoms with Crippen LogP contribution < -0.4 is 58.0 Å². The Kier molecular flexibility index (Phi) is 34.6. The van der Waals surface area contributed by atoms with Gasteiger partial charge in [-0.2, -0.15) is 34.0 Å². The third-order valence-corrected chi connectivity index (χ3v) is 31.3. The second-order valence-electron chi connectivity index (χ2n) is 33.6. The van der Waals surface area contributed by atoms with E-state index in [-0.39, 0.29) is 188 Å². The maximum absolute atomic E-state index is 16.0. The second kappa shape index (κ2) is 45.8. The average molecular weight is 2190 g/mol. The molecule has 0 amide bonds. The molecule has 3 saturated carbocycles. The van der Waals surface area contributed by atoms with Crippen LogP contribution in [0, 0.1) is 34.9 Å². The van der Waals surface area contributed by atoms with Gasteiger partial charge in [-0.3, -0.25) is 32.9 Å². The maximum atomic E-state index is 16.0. The normalized spacial score (nSPS) is 14.8. The van der Waals surface area contributed by atoms with Crippen LogP contribution >= 0.6 is 41.1 Å². The molecule has 0 N–H and O–H groups in total. The van der Waals surface area contributed by atoms with Crippen LogP contribution in [0.4, 0.5) is 64.2 Å². The first-order chi connectivity index (χ1) is 69.1. The fraction of sp³-hybridized carbons (Fsp3) is 0.263. The van der Waals surface area contributed by atoms with Crippen LogP contribution in [0.15, 0.2) is 262 Å². The molecule has 9 aromatic carbocycles. The number of halogens is 11. The van der Waals surface area contributed by atoms with Crippen LogP contribution in [-0.4, -0.2) is 145 Å². The predicted octanol–water partition coefficient (Wildman–Crippen LogP) is 19.5. The molecular weight excluding hydrogens is 2100 g/mol. The average Bonchev–Trinajstić information content (AvgIpc) is 1.08. The Labute approximate surface area is 851 Å². The van der Waals surface area contributed by atoms with Gasteiger partial charge in [0.1, 0.15) is 109 Å². The molecule has 3 unspecified atom stereocenters. The van der Waals surface area contributed by atoms with Gasteiger partial charge in [-0.05, 0) is 136 Å². The molecule has 1 spiro atoms. The summed E-state index contributed by atoms with van der Waals surface area (Å²) in [5.74, 6) is -8.55. The van der Waals surface area contributed by atoms with Gasteiger partial charge in [0.15, 0.2) is 23.2 Å². The second-order valence-corrected chi connectivity index (χ2v) is 40.4. The number of pyridine rings is 3. The number of Topliss-reactive ketones (excluding diaryl/α,β-unsaturated/α-hetero) is 1. The molecule has 3 atom stereocenters. The third kappa shape index (κ3) is 23.1. The summed E-state index contributed by atoms with van der Waals surface area (Å²) < 4.78 is 304. The molecule has 19 rings (SSSR count). The number of methoxy groups -OCH3 is 6. The lowest BCUT2D eigenvalue weighted by molar-refractivity contribution is -0.215. The first kappa shape index (κ1) is 112. The molecule has 1 saturated heterocycles. The van der Waals surface area contributed by atoms with Crippen molar-refractivity contribution >= 4 is 127 Å². The maximum Gasteiger partial charge on any atom is 0.278 e. The Morgan fingerprint density at radius 1 is 0.372 bits per heavy atom. The van der Waals surface area contributed by atoms with Crippen molar-refractivity contribution in [3.8, 4) is 51.6 Å². The van der Waals surface area contributed by atoms with Crippen molar-refractivity contribution in [2.45, 2.75) is 116 Å². The molecule has 3 aliphatic carbocycles. The minimum atomic E-state index is -4.93. The zero-order valence-corrected chi connectivity index (χ0v) is 87.7. The van der Waals surface area contributed by atoms with Crippen molar-refractivity contribution in [3.63, 3.8) is 0 Å². The first-order valence-corrected chi connectivity index (χ1v) is 50.0. The molecule has 1 aliphatic heterocycles. The summed E-state index contributed by atoms with van der Waals surface area (Å²) in [7, 11) is -5.28. The van der Waals surface area contributed by atoms with Crippen molar-refractivity contribution in [2.75, 3.05) is 81.9 Å². The summed E-state index contributed by atoms with van der Waals surface area (Å²) in [6.45, 7) is 3.48. The Hall–Kier alpha value is -13.3. The molecule has 148 heavy (non-hydrogen) atoms. The molecule has 4 aliphatic rings. The van der Waals surface area contributed by atoms with Gasteiger partial charge in [0, 0.05) is 146 Å². The van der Waals surface area contributed by atoms with E-state index in [0.29, 0.717) is 69.9 Å². The van der Waals surface area contributed by atoms with Gasteiger partial charge in [0.05, 0.1) is 109 Å². The third-order valence-electron chi connectivity index (χ3n) is 24.9. The summed E-state index contributed by atoms with van der Waals surface area (Å²) in [5.41, 5.74) is 0.275. The number of ether oxygens (including phenoxy) is 8. The molecule has 15 aromatic rings. The first-order valence-electron chi connectivity index (χ1n) is 44.4. The number of fused-ring (bicyclic) bond motifs is 3. The number of sulfonamides is 3. The standard InChI is InChI=1S/C33H29F2N3O8S.C31H25F4N3O6S.C31H25F2N3O7S.C4H10F3NS.3H3P/c1-42-23-6-3-20(4-7-23)19-37(31-9-10-46-36-31)47(40,41)30-13-21-5-8-32(39)38(27(21)16-26(30)35)28-15-25(34)24(14-29(28)43-2)22-17-33(18-22)44-11-12-45-33;1-42-21-6-3-18(4-7-21)17-37(29-9-10-44-36-29)45(40,41)28-11-19-5-8-30(39)38(25(19)14-24(28)33)26-13-23(32)22(12-27(26)43-2)20-15-31(34,35)16-20;1-41-22-6-3-18(4-7-22)17-35(30-9-10-43-34-30)44(39,40)29-13-19-5-8-31(38)36(26(19)16-25(29)33)27-15-24(32)23(14-28(27)42-2)20-11-21(37)12-20;1-3-8(4-2)9(5,6)7;;;/h3-10,13-16,22H,11-12,17-19H2,1-2H3;3-14,20H,15-17H2,1-2H3;3-10,13-16,20H,11-12,17H2,1-2H3;3-4H2,1-2H3;3*1H3. The molecule has 4 fully saturated rings. The molecule has 0 radical (unpaired) electrons. The highest BCUT2D eigenvalue weighted by molar-refractivity contribution is 8.18. The molecule has 6 aromatic heterocycles. The smallest absolute Gasteiger partial charge is 0.278 e. The predicted molar refractivity (Wildman–Crippen MR) is 544 cm³/mol. The largest absolute Gasteiger partial charge is 0.497 e. The van der Waals surface area contributed by atoms with Gasteiger partial charge in [0.25, 0.3) is 58.1 Å². The minimum absolute atomic E-state index is 0. The van der Waals surface area contributed by atoms with Gasteiger partial charge < -0.3 is 51.5 Å². The van der Waals surface area contributed by atoms with E-state index in [2.05, 4.69) is 15.5 Å². The van der Waals surface area contributed by atoms with E-state index >= 15 is 26.3 Å². The quantitative estimate of drug-likeness (QED) is 0.0298. The van der Waals surface area contributed by atoms with Crippen molar-refractivity contribution in [2.24, 2.45) is 0 Å². The van der Waals surface area contributed by atoms with Crippen molar-refractivity contribution in [1.29, 1.82) is 0 Å². The summed E-state index contributed by atoms with van der Waals surface area (Å²) in [6.07, 6.45) is 3.91. The molecule has 7 heterocycles. The van der Waals surface area contributed by atoms with Crippen LogP contribution in [0.2, 0.25) is 0 Å². The molecule has 786 valence electrons. The number of anilines is 3. The van der Waals surface area contributed by atoms with Gasteiger partial charge >= 0.3 is 0 Å². The van der Waals surface area contributed by atoms with E-state index in [0.717, 1.165) is 81.2 Å². The molecule has 49 heteroatoms. The Balaban J connectivity index is 0.000000176. The number of rotatable bonds is 30. The van der Waals surface area contributed by atoms with Gasteiger partial charge in [-0.15, -0.1) is 11.7 Å². The number of nitrogens with zero attached hydrogens (tertiary/aromatic N) is 10. The Morgan fingerprint density at radius 3 is 0.905 bits per heavy atom. The Morgan fingerprint density at radius 2 is 0.662 bits per heavy atom.